The number of phenols is 1. The molecule has 0 saturated carbocycles. The molecular weight excluding hydrogens is 312 g/mol. The molecule has 0 aliphatic carbocycles. The van der Waals surface area contributed by atoms with Crippen LogP contribution in [0.4, 0.5) is 0 Å². The number of hydrogen-bond donors (Lipinski definition) is 1. The van der Waals surface area contributed by atoms with Gasteiger partial charge in [-0.15, -0.1) is 11.6 Å². The topological polar surface area (TPSA) is 20.2 Å². The molecule has 0 aromatic heterocycles. The number of hydrogen-bond acceptors (Lipinski definition) is 1. The molecule has 1 nitrogen and oxygen atoms in total. The molecule has 0 aliphatic rings. The summed E-state index contributed by atoms with van der Waals surface area (Å²) in [6.45, 7) is 0. The zero-order chi connectivity index (χ0) is 13.0. The van der Waals surface area contributed by atoms with Crippen molar-refractivity contribution >= 4 is 27.5 Å². The molecule has 0 aliphatic heterocycles. The third-order valence-corrected chi connectivity index (χ3v) is 3.82. The van der Waals surface area contributed by atoms with E-state index in [1.165, 1.54) is 5.56 Å². The first kappa shape index (κ1) is 13.4. The Morgan fingerprint density at radius 3 is 2.44 bits per heavy atom. The van der Waals surface area contributed by atoms with E-state index in [0.717, 1.165) is 16.5 Å². The van der Waals surface area contributed by atoms with E-state index < -0.39 is 0 Å². The summed E-state index contributed by atoms with van der Waals surface area (Å²) < 4.78 is 1.07. The van der Waals surface area contributed by atoms with Gasteiger partial charge in [0.05, 0.1) is 0 Å². The third kappa shape index (κ3) is 3.50. The van der Waals surface area contributed by atoms with Gasteiger partial charge in [0.1, 0.15) is 5.75 Å². The Balaban J connectivity index is 2.17. The summed E-state index contributed by atoms with van der Waals surface area (Å²) in [6, 6.07) is 15.6. The Hall–Kier alpha value is -0.990. The number of phenolic OH excluding ortho intramolecular Hbond substituents is 1. The van der Waals surface area contributed by atoms with Crippen LogP contribution in [-0.2, 0) is 6.42 Å². The Bertz CT molecular complexity index is 510. The van der Waals surface area contributed by atoms with Crippen LogP contribution >= 0.6 is 27.5 Å². The van der Waals surface area contributed by atoms with Crippen LogP contribution in [0, 0.1) is 0 Å². The minimum atomic E-state index is 0.265. The van der Waals surface area contributed by atoms with Crippen molar-refractivity contribution in [3.63, 3.8) is 0 Å². The zero-order valence-corrected chi connectivity index (χ0v) is 12.2. The van der Waals surface area contributed by atoms with Crippen molar-refractivity contribution in [2.24, 2.45) is 0 Å². The highest BCUT2D eigenvalue weighted by atomic mass is 79.9. The predicted molar refractivity (Wildman–Crippen MR) is 79.4 cm³/mol. The van der Waals surface area contributed by atoms with Crippen LogP contribution in [0.5, 0.6) is 5.75 Å². The second kappa shape index (κ2) is 6.26. The lowest BCUT2D eigenvalue weighted by Crippen LogP contribution is -2.04. The number of rotatable bonds is 4. The third-order valence-electron chi connectivity index (χ3n) is 2.92. The molecule has 0 amide bonds. The van der Waals surface area contributed by atoms with Crippen LogP contribution < -0.4 is 0 Å². The van der Waals surface area contributed by atoms with E-state index in [0.29, 0.717) is 11.6 Å². The second-order valence-corrected chi connectivity index (χ2v) is 5.50. The van der Waals surface area contributed by atoms with E-state index in [2.05, 4.69) is 28.1 Å². The first-order chi connectivity index (χ1) is 8.69. The normalized spacial score (nSPS) is 12.3. The molecule has 0 spiro atoms. The van der Waals surface area contributed by atoms with Crippen molar-refractivity contribution < 1.29 is 5.11 Å². The number of alkyl halides is 1. The lowest BCUT2D eigenvalue weighted by Gasteiger charge is -2.14. The van der Waals surface area contributed by atoms with Crippen molar-refractivity contribution in [1.82, 2.24) is 0 Å². The average molecular weight is 326 g/mol. The van der Waals surface area contributed by atoms with Crippen LogP contribution in [0.2, 0.25) is 0 Å². The zero-order valence-electron chi connectivity index (χ0n) is 9.81. The van der Waals surface area contributed by atoms with Crippen molar-refractivity contribution in [2.75, 3.05) is 5.88 Å². The molecule has 0 radical (unpaired) electrons. The SMILES string of the molecule is Oc1cccc(CC(CCl)c2ccc(Br)cc2)c1. The number of halogens is 2. The molecule has 0 saturated heterocycles. The van der Waals surface area contributed by atoms with Gasteiger partial charge < -0.3 is 5.11 Å². The van der Waals surface area contributed by atoms with E-state index in [1.54, 1.807) is 12.1 Å². The summed E-state index contributed by atoms with van der Waals surface area (Å²) in [5, 5.41) is 9.47. The first-order valence-corrected chi connectivity index (χ1v) is 7.11. The van der Waals surface area contributed by atoms with Crippen molar-refractivity contribution in [2.45, 2.75) is 12.3 Å². The van der Waals surface area contributed by atoms with Crippen molar-refractivity contribution in [3.8, 4) is 5.75 Å². The molecule has 3 heteroatoms. The molecule has 2 aromatic carbocycles. The van der Waals surface area contributed by atoms with Crippen molar-refractivity contribution in [3.05, 3.63) is 64.1 Å². The van der Waals surface area contributed by atoms with Gasteiger partial charge in [0.15, 0.2) is 0 Å². The van der Waals surface area contributed by atoms with Crippen LogP contribution in [0.25, 0.3) is 0 Å². The summed E-state index contributed by atoms with van der Waals surface area (Å²) >= 11 is 9.48. The Kier molecular flexibility index (Phi) is 4.67. The molecule has 0 fully saturated rings. The lowest BCUT2D eigenvalue weighted by atomic mass is 9.93. The maximum absolute atomic E-state index is 9.47. The van der Waals surface area contributed by atoms with Crippen LogP contribution in [-0.4, -0.2) is 11.0 Å². The molecule has 0 heterocycles. The van der Waals surface area contributed by atoms with Gasteiger partial charge in [-0.25, -0.2) is 0 Å². The summed E-state index contributed by atoms with van der Waals surface area (Å²) in [4.78, 5) is 0. The molecule has 0 bridgehead atoms. The molecule has 94 valence electrons. The summed E-state index contributed by atoms with van der Waals surface area (Å²) in [6.07, 6.45) is 0.833. The van der Waals surface area contributed by atoms with Gasteiger partial charge in [0, 0.05) is 16.3 Å². The fraction of sp³-hybridized carbons (Fsp3) is 0.200. The lowest BCUT2D eigenvalue weighted by molar-refractivity contribution is 0.474. The fourth-order valence-corrected chi connectivity index (χ4v) is 2.52. The molecule has 1 atom stereocenters. The minimum absolute atomic E-state index is 0.265. The highest BCUT2D eigenvalue weighted by Crippen LogP contribution is 2.25. The number of aromatic hydroxyl groups is 1. The standard InChI is InChI=1S/C15H14BrClO/c16-14-6-4-12(5-7-14)13(10-17)8-11-2-1-3-15(18)9-11/h1-7,9,13,18H,8,10H2. The van der Waals surface area contributed by atoms with Gasteiger partial charge >= 0.3 is 0 Å². The van der Waals surface area contributed by atoms with Gasteiger partial charge in [-0.05, 0) is 41.8 Å². The average Bonchev–Trinajstić information content (AvgIpc) is 2.37. The van der Waals surface area contributed by atoms with Gasteiger partial charge in [0.2, 0.25) is 0 Å². The molecule has 2 aromatic rings. The smallest absolute Gasteiger partial charge is 0.115 e. The molecule has 2 rings (SSSR count). The Morgan fingerprint density at radius 2 is 1.83 bits per heavy atom. The van der Waals surface area contributed by atoms with Gasteiger partial charge in [-0.1, -0.05) is 40.2 Å². The molecular formula is C15H14BrClO. The van der Waals surface area contributed by atoms with Crippen LogP contribution in [0.15, 0.2) is 53.0 Å². The van der Waals surface area contributed by atoms with E-state index in [9.17, 15) is 5.11 Å². The Morgan fingerprint density at radius 1 is 1.11 bits per heavy atom. The van der Waals surface area contributed by atoms with Crippen molar-refractivity contribution in [1.29, 1.82) is 0 Å². The first-order valence-electron chi connectivity index (χ1n) is 5.78. The molecule has 1 unspecified atom stereocenters. The highest BCUT2D eigenvalue weighted by Gasteiger charge is 2.11. The van der Waals surface area contributed by atoms with E-state index in [-0.39, 0.29) is 5.92 Å². The van der Waals surface area contributed by atoms with E-state index >= 15 is 0 Å². The maximum atomic E-state index is 9.47. The van der Waals surface area contributed by atoms with Gasteiger partial charge in [0.25, 0.3) is 0 Å². The van der Waals surface area contributed by atoms with E-state index in [1.807, 2.05) is 24.3 Å². The van der Waals surface area contributed by atoms with Crippen LogP contribution in [0.3, 0.4) is 0 Å². The van der Waals surface area contributed by atoms with Gasteiger partial charge in [-0.3, -0.25) is 0 Å². The molecule has 18 heavy (non-hydrogen) atoms. The fourth-order valence-electron chi connectivity index (χ4n) is 1.96. The highest BCUT2D eigenvalue weighted by molar-refractivity contribution is 9.10. The number of benzene rings is 2. The molecule has 1 N–H and O–H groups in total. The summed E-state index contributed by atoms with van der Waals surface area (Å²) in [5.74, 6) is 1.13. The predicted octanol–water partition coefficient (Wildman–Crippen LogP) is 4.72. The summed E-state index contributed by atoms with van der Waals surface area (Å²) in [7, 11) is 0. The van der Waals surface area contributed by atoms with Gasteiger partial charge in [-0.2, -0.15) is 0 Å². The van der Waals surface area contributed by atoms with Crippen LogP contribution in [0.1, 0.15) is 17.0 Å². The summed E-state index contributed by atoms with van der Waals surface area (Å²) in [5.41, 5.74) is 2.32. The monoisotopic (exact) mass is 324 g/mol. The largest absolute Gasteiger partial charge is 0.508 e. The Labute approximate surface area is 121 Å². The quantitative estimate of drug-likeness (QED) is 0.806. The maximum Gasteiger partial charge on any atom is 0.115 e. The second-order valence-electron chi connectivity index (χ2n) is 4.28. The minimum Gasteiger partial charge on any atom is -0.508 e. The van der Waals surface area contributed by atoms with E-state index in [4.69, 9.17) is 11.6 Å².